The maximum Gasteiger partial charge on any atom is 0.389 e. The molecule has 0 N–H and O–H groups in total. The molecule has 0 heterocycles. The van der Waals surface area contributed by atoms with Crippen LogP contribution < -0.4 is 0 Å². The van der Waals surface area contributed by atoms with E-state index in [1.165, 1.54) is 0 Å². The van der Waals surface area contributed by atoms with Crippen LogP contribution in [-0.4, -0.2) is 24.5 Å². The monoisotopic (exact) mass is 263 g/mol. The highest BCUT2D eigenvalue weighted by molar-refractivity contribution is 5.33. The second-order valence-electron chi connectivity index (χ2n) is 3.47. The maximum atomic E-state index is 12.8. The van der Waals surface area contributed by atoms with Crippen molar-refractivity contribution in [1.29, 1.82) is 0 Å². The minimum atomic E-state index is -4.29. The smallest absolute Gasteiger partial charge is 0.238 e. The predicted molar refractivity (Wildman–Crippen MR) is 47.1 cm³/mol. The molecule has 1 unspecified atom stereocenters. The fourth-order valence-corrected chi connectivity index (χ4v) is 1.13. The standard InChI is InChI=1S/C9H11F6NO/c10-7(9(14,15)16-6-17)4-2-1-3-5-8(11,12)13/h7H,1-5H2. The number of hydrogen-bond acceptors (Lipinski definition) is 2. The summed E-state index contributed by atoms with van der Waals surface area (Å²) in [6, 6.07) is -4.15. The Balaban J connectivity index is 3.79. The second-order valence-corrected chi connectivity index (χ2v) is 3.47. The van der Waals surface area contributed by atoms with E-state index in [-0.39, 0.29) is 19.3 Å². The van der Waals surface area contributed by atoms with Gasteiger partial charge in [-0.1, -0.05) is 12.8 Å². The van der Waals surface area contributed by atoms with Crippen LogP contribution in [0.5, 0.6) is 0 Å². The summed E-state index contributed by atoms with van der Waals surface area (Å²) in [6.45, 7) is 0. The summed E-state index contributed by atoms with van der Waals surface area (Å²) < 4.78 is 72.9. The Morgan fingerprint density at radius 2 is 1.65 bits per heavy atom. The number of alkyl halides is 6. The van der Waals surface area contributed by atoms with E-state index < -0.39 is 31.2 Å². The van der Waals surface area contributed by atoms with Gasteiger partial charge in [0.1, 0.15) is 0 Å². The molecule has 8 heteroatoms. The van der Waals surface area contributed by atoms with Crippen LogP contribution in [0.4, 0.5) is 26.3 Å². The van der Waals surface area contributed by atoms with Crippen molar-refractivity contribution in [2.45, 2.75) is 50.5 Å². The van der Waals surface area contributed by atoms with Gasteiger partial charge in [-0.2, -0.15) is 22.0 Å². The first kappa shape index (κ1) is 16.0. The number of isocyanates is 1. The van der Waals surface area contributed by atoms with Gasteiger partial charge in [-0.15, -0.1) is 4.99 Å². The number of unbranched alkanes of at least 4 members (excludes halogenated alkanes) is 2. The summed E-state index contributed by atoms with van der Waals surface area (Å²) in [7, 11) is 0. The van der Waals surface area contributed by atoms with Crippen molar-refractivity contribution >= 4 is 6.08 Å². The van der Waals surface area contributed by atoms with Gasteiger partial charge in [0.05, 0.1) is 0 Å². The van der Waals surface area contributed by atoms with Crippen LogP contribution >= 0.6 is 0 Å². The summed E-state index contributed by atoms with van der Waals surface area (Å²) in [6.07, 6.45) is -8.45. The van der Waals surface area contributed by atoms with Crippen molar-refractivity contribution in [2.75, 3.05) is 0 Å². The molecule has 0 aliphatic carbocycles. The first-order valence-corrected chi connectivity index (χ1v) is 4.86. The Bertz CT molecular complexity index is 271. The lowest BCUT2D eigenvalue weighted by atomic mass is 10.1. The molecule has 0 fully saturated rings. The molecular weight excluding hydrogens is 252 g/mol. The van der Waals surface area contributed by atoms with Gasteiger partial charge in [-0.25, -0.2) is 9.18 Å². The topological polar surface area (TPSA) is 29.4 Å². The average Bonchev–Trinajstić information content (AvgIpc) is 2.15. The van der Waals surface area contributed by atoms with Crippen molar-refractivity contribution in [1.82, 2.24) is 0 Å². The molecule has 0 spiro atoms. The molecule has 100 valence electrons. The lowest BCUT2D eigenvalue weighted by Crippen LogP contribution is -2.27. The van der Waals surface area contributed by atoms with E-state index in [0.29, 0.717) is 6.08 Å². The largest absolute Gasteiger partial charge is 0.389 e. The first-order chi connectivity index (χ1) is 7.69. The molecular formula is C9H11F6NO. The first-order valence-electron chi connectivity index (χ1n) is 4.86. The second kappa shape index (κ2) is 6.64. The van der Waals surface area contributed by atoms with Gasteiger partial charge in [0, 0.05) is 6.42 Å². The summed E-state index contributed by atoms with van der Waals surface area (Å²) in [4.78, 5) is 11.5. The number of hydrogen-bond donors (Lipinski definition) is 0. The summed E-state index contributed by atoms with van der Waals surface area (Å²) in [5.41, 5.74) is 0. The summed E-state index contributed by atoms with van der Waals surface area (Å²) in [5.74, 6) is 0. The van der Waals surface area contributed by atoms with Crippen molar-refractivity contribution in [3.05, 3.63) is 0 Å². The van der Waals surface area contributed by atoms with E-state index in [1.807, 2.05) is 4.99 Å². The summed E-state index contributed by atoms with van der Waals surface area (Å²) in [5, 5.41) is 0. The van der Waals surface area contributed by atoms with Gasteiger partial charge in [0.15, 0.2) is 6.17 Å². The SMILES string of the molecule is O=C=NC(F)(F)C(F)CCCCCC(F)(F)F. The minimum Gasteiger partial charge on any atom is -0.238 e. The van der Waals surface area contributed by atoms with Crippen LogP contribution in [-0.2, 0) is 4.79 Å². The van der Waals surface area contributed by atoms with Crippen molar-refractivity contribution in [3.8, 4) is 0 Å². The molecule has 0 saturated heterocycles. The highest BCUT2D eigenvalue weighted by atomic mass is 19.4. The normalized spacial score (nSPS) is 14.2. The molecule has 0 amide bonds. The number of nitrogens with zero attached hydrogens (tertiary/aromatic N) is 1. The molecule has 0 aromatic rings. The highest BCUT2D eigenvalue weighted by Crippen LogP contribution is 2.28. The van der Waals surface area contributed by atoms with Crippen LogP contribution in [0, 0.1) is 0 Å². The molecule has 0 bridgehead atoms. The number of rotatable bonds is 7. The third-order valence-electron chi connectivity index (χ3n) is 1.99. The molecule has 17 heavy (non-hydrogen) atoms. The predicted octanol–water partition coefficient (Wildman–Crippen LogP) is 3.77. The molecule has 0 aliphatic rings. The number of carbonyl (C=O) groups excluding carboxylic acids is 1. The van der Waals surface area contributed by atoms with Gasteiger partial charge in [0.2, 0.25) is 6.08 Å². The van der Waals surface area contributed by atoms with Gasteiger partial charge < -0.3 is 0 Å². The average molecular weight is 263 g/mol. The van der Waals surface area contributed by atoms with Crippen LogP contribution in [0.15, 0.2) is 4.99 Å². The lowest BCUT2D eigenvalue weighted by Gasteiger charge is -2.14. The van der Waals surface area contributed by atoms with Crippen LogP contribution in [0.3, 0.4) is 0 Å². The third kappa shape index (κ3) is 7.79. The van der Waals surface area contributed by atoms with Crippen molar-refractivity contribution in [2.24, 2.45) is 4.99 Å². The van der Waals surface area contributed by atoms with E-state index in [4.69, 9.17) is 0 Å². The quantitative estimate of drug-likeness (QED) is 0.226. The Labute approximate surface area is 93.7 Å². The molecule has 0 aromatic heterocycles. The van der Waals surface area contributed by atoms with Crippen molar-refractivity contribution in [3.63, 3.8) is 0 Å². The number of aliphatic imine (C=N–C) groups is 1. The van der Waals surface area contributed by atoms with Gasteiger partial charge in [-0.05, 0) is 12.8 Å². The highest BCUT2D eigenvalue weighted by Gasteiger charge is 2.39. The van der Waals surface area contributed by atoms with Gasteiger partial charge >= 0.3 is 12.2 Å². The zero-order valence-electron chi connectivity index (χ0n) is 8.74. The van der Waals surface area contributed by atoms with E-state index in [1.54, 1.807) is 0 Å². The van der Waals surface area contributed by atoms with Gasteiger partial charge in [0.25, 0.3) is 0 Å². The maximum absolute atomic E-state index is 12.8. The van der Waals surface area contributed by atoms with E-state index in [2.05, 4.69) is 0 Å². The lowest BCUT2D eigenvalue weighted by molar-refractivity contribution is -0.135. The van der Waals surface area contributed by atoms with E-state index in [9.17, 15) is 31.1 Å². The van der Waals surface area contributed by atoms with Crippen LogP contribution in [0.25, 0.3) is 0 Å². The van der Waals surface area contributed by atoms with Gasteiger partial charge in [-0.3, -0.25) is 0 Å². The minimum absolute atomic E-state index is 0.0131. The number of halogens is 6. The van der Waals surface area contributed by atoms with Crippen molar-refractivity contribution < 1.29 is 31.1 Å². The molecule has 0 aromatic carbocycles. The fourth-order valence-electron chi connectivity index (χ4n) is 1.13. The summed E-state index contributed by atoms with van der Waals surface area (Å²) >= 11 is 0. The molecule has 2 nitrogen and oxygen atoms in total. The zero-order valence-corrected chi connectivity index (χ0v) is 8.74. The van der Waals surface area contributed by atoms with Crippen LogP contribution in [0.2, 0.25) is 0 Å². The molecule has 1 atom stereocenters. The van der Waals surface area contributed by atoms with E-state index >= 15 is 0 Å². The zero-order chi connectivity index (χ0) is 13.5. The molecule has 0 saturated carbocycles. The molecule has 0 aliphatic heterocycles. The van der Waals surface area contributed by atoms with E-state index in [0.717, 1.165) is 0 Å². The van der Waals surface area contributed by atoms with Crippen LogP contribution in [0.1, 0.15) is 32.1 Å². The molecule has 0 rings (SSSR count). The Hall–Kier alpha value is -1.04. The fraction of sp³-hybridized carbons (Fsp3) is 0.889. The Morgan fingerprint density at radius 1 is 1.06 bits per heavy atom. The Morgan fingerprint density at radius 3 is 2.12 bits per heavy atom. The third-order valence-corrected chi connectivity index (χ3v) is 1.99. The Kier molecular flexibility index (Phi) is 6.23. The molecule has 0 radical (unpaired) electrons.